The van der Waals surface area contributed by atoms with Gasteiger partial charge >= 0.3 is 5.97 Å². The molecule has 0 radical (unpaired) electrons. The molecular formula is C15H22O3. The summed E-state index contributed by atoms with van der Waals surface area (Å²) in [5.41, 5.74) is 6.67. The van der Waals surface area contributed by atoms with Crippen LogP contribution < -0.4 is 0 Å². The minimum atomic E-state index is -0.870. The van der Waals surface area contributed by atoms with Crippen LogP contribution in [0.15, 0.2) is 0 Å². The van der Waals surface area contributed by atoms with Crippen LogP contribution in [0.25, 0.3) is 0 Å². The molecule has 0 saturated heterocycles. The Balaban J connectivity index is 3.20. The summed E-state index contributed by atoms with van der Waals surface area (Å²) in [7, 11) is 0. The van der Waals surface area contributed by atoms with Gasteiger partial charge in [-0.15, -0.1) is 0 Å². The van der Waals surface area contributed by atoms with E-state index in [4.69, 9.17) is 5.11 Å². The van der Waals surface area contributed by atoms with Gasteiger partial charge in [0.1, 0.15) is 0 Å². The topological polar surface area (TPSA) is 57.5 Å². The molecule has 0 heterocycles. The molecule has 0 aliphatic rings. The first-order valence-corrected chi connectivity index (χ1v) is 6.24. The molecule has 18 heavy (non-hydrogen) atoms. The lowest BCUT2D eigenvalue weighted by molar-refractivity contribution is -0.137. The van der Waals surface area contributed by atoms with E-state index in [0.29, 0.717) is 0 Å². The number of aliphatic hydroxyl groups excluding tert-OH is 1. The maximum absolute atomic E-state index is 10.6. The summed E-state index contributed by atoms with van der Waals surface area (Å²) in [6.45, 7) is 10.2. The first kappa shape index (κ1) is 14.7. The van der Waals surface area contributed by atoms with E-state index in [1.807, 2.05) is 27.7 Å². The molecule has 0 fully saturated rings. The van der Waals surface area contributed by atoms with Crippen molar-refractivity contribution in [1.29, 1.82) is 0 Å². The standard InChI is InChI=1S/C15H22O3/c1-8-9(2)11(4)15(12(5)10(8)3)13(16)6-7-14(17)18/h13,16H,6-7H2,1-5H3,(H,17,18). The van der Waals surface area contributed by atoms with Gasteiger partial charge in [0.15, 0.2) is 0 Å². The summed E-state index contributed by atoms with van der Waals surface area (Å²) < 4.78 is 0. The van der Waals surface area contributed by atoms with E-state index in [1.54, 1.807) is 0 Å². The number of benzene rings is 1. The molecule has 1 rings (SSSR count). The number of carbonyl (C=O) groups is 1. The zero-order valence-electron chi connectivity index (χ0n) is 11.8. The maximum Gasteiger partial charge on any atom is 0.303 e. The molecule has 3 heteroatoms. The highest BCUT2D eigenvalue weighted by atomic mass is 16.4. The summed E-state index contributed by atoms with van der Waals surface area (Å²) in [4.78, 5) is 10.6. The summed E-state index contributed by atoms with van der Waals surface area (Å²) in [6.07, 6.45) is -0.440. The molecule has 100 valence electrons. The lowest BCUT2D eigenvalue weighted by Crippen LogP contribution is -2.09. The Bertz CT molecular complexity index is 446. The van der Waals surface area contributed by atoms with Crippen LogP contribution in [0.1, 0.15) is 52.3 Å². The van der Waals surface area contributed by atoms with Gasteiger partial charge in [0.2, 0.25) is 0 Å². The molecule has 1 atom stereocenters. The molecule has 0 aliphatic heterocycles. The number of aliphatic carboxylic acids is 1. The quantitative estimate of drug-likeness (QED) is 0.863. The summed E-state index contributed by atoms with van der Waals surface area (Å²) in [5, 5.41) is 18.9. The summed E-state index contributed by atoms with van der Waals surface area (Å²) in [6, 6.07) is 0. The fourth-order valence-corrected chi connectivity index (χ4v) is 2.43. The fraction of sp³-hybridized carbons (Fsp3) is 0.533. The van der Waals surface area contributed by atoms with Crippen LogP contribution in [0.4, 0.5) is 0 Å². The van der Waals surface area contributed by atoms with E-state index >= 15 is 0 Å². The van der Waals surface area contributed by atoms with Gasteiger partial charge in [0.25, 0.3) is 0 Å². The predicted molar refractivity (Wildman–Crippen MR) is 72.0 cm³/mol. The van der Waals surface area contributed by atoms with E-state index in [-0.39, 0.29) is 12.8 Å². The van der Waals surface area contributed by atoms with Crippen molar-refractivity contribution in [1.82, 2.24) is 0 Å². The highest BCUT2D eigenvalue weighted by Crippen LogP contribution is 2.32. The molecule has 0 saturated carbocycles. The molecule has 3 nitrogen and oxygen atoms in total. The average molecular weight is 250 g/mol. The van der Waals surface area contributed by atoms with Crippen LogP contribution in [0, 0.1) is 34.6 Å². The molecule has 2 N–H and O–H groups in total. The SMILES string of the molecule is Cc1c(C)c(C)c(C(O)CCC(=O)O)c(C)c1C. The molecule has 1 aromatic rings. The number of hydrogen-bond acceptors (Lipinski definition) is 2. The van der Waals surface area contributed by atoms with Crippen molar-refractivity contribution in [2.24, 2.45) is 0 Å². The fourth-order valence-electron chi connectivity index (χ4n) is 2.43. The van der Waals surface area contributed by atoms with Crippen LogP contribution in [-0.4, -0.2) is 16.2 Å². The number of carboxylic acids is 1. The Morgan fingerprint density at radius 1 is 0.944 bits per heavy atom. The van der Waals surface area contributed by atoms with E-state index in [2.05, 4.69) is 6.92 Å². The van der Waals surface area contributed by atoms with Crippen molar-refractivity contribution in [2.75, 3.05) is 0 Å². The zero-order chi connectivity index (χ0) is 14.0. The van der Waals surface area contributed by atoms with E-state index in [1.165, 1.54) is 16.7 Å². The largest absolute Gasteiger partial charge is 0.481 e. The van der Waals surface area contributed by atoms with Gasteiger partial charge in [-0.2, -0.15) is 0 Å². The van der Waals surface area contributed by atoms with Crippen molar-refractivity contribution in [3.05, 3.63) is 33.4 Å². The van der Waals surface area contributed by atoms with E-state index in [0.717, 1.165) is 16.7 Å². The van der Waals surface area contributed by atoms with Crippen molar-refractivity contribution in [3.63, 3.8) is 0 Å². The highest BCUT2D eigenvalue weighted by molar-refractivity contribution is 5.66. The molecule has 0 aromatic heterocycles. The first-order chi connectivity index (χ1) is 8.27. The van der Waals surface area contributed by atoms with Gasteiger partial charge in [-0.05, 0) is 74.4 Å². The minimum absolute atomic E-state index is 0.00792. The van der Waals surface area contributed by atoms with Gasteiger partial charge < -0.3 is 10.2 Å². The maximum atomic E-state index is 10.6. The molecule has 0 aliphatic carbocycles. The third-order valence-electron chi connectivity index (χ3n) is 4.02. The third kappa shape index (κ3) is 2.72. The van der Waals surface area contributed by atoms with Gasteiger partial charge in [0, 0.05) is 6.42 Å². The van der Waals surface area contributed by atoms with Crippen molar-refractivity contribution >= 4 is 5.97 Å². The summed E-state index contributed by atoms with van der Waals surface area (Å²) >= 11 is 0. The second-order valence-corrected chi connectivity index (χ2v) is 4.99. The Morgan fingerprint density at radius 2 is 1.33 bits per heavy atom. The van der Waals surface area contributed by atoms with Crippen molar-refractivity contribution in [2.45, 2.75) is 53.6 Å². The predicted octanol–water partition coefficient (Wildman–Crippen LogP) is 3.13. The lowest BCUT2D eigenvalue weighted by atomic mass is 9.86. The van der Waals surface area contributed by atoms with Crippen LogP contribution >= 0.6 is 0 Å². The second-order valence-electron chi connectivity index (χ2n) is 4.99. The van der Waals surface area contributed by atoms with Gasteiger partial charge in [-0.25, -0.2) is 0 Å². The van der Waals surface area contributed by atoms with Crippen molar-refractivity contribution in [3.8, 4) is 0 Å². The molecule has 1 aromatic carbocycles. The number of rotatable bonds is 4. The Kier molecular flexibility index (Phi) is 4.52. The normalized spacial score (nSPS) is 12.6. The first-order valence-electron chi connectivity index (χ1n) is 6.24. The third-order valence-corrected chi connectivity index (χ3v) is 4.02. The zero-order valence-corrected chi connectivity index (χ0v) is 11.8. The lowest BCUT2D eigenvalue weighted by Gasteiger charge is -2.22. The van der Waals surface area contributed by atoms with Gasteiger partial charge in [-0.1, -0.05) is 0 Å². The number of hydrogen-bond donors (Lipinski definition) is 2. The van der Waals surface area contributed by atoms with Crippen molar-refractivity contribution < 1.29 is 15.0 Å². The van der Waals surface area contributed by atoms with Crippen LogP contribution in [-0.2, 0) is 4.79 Å². The van der Waals surface area contributed by atoms with E-state index < -0.39 is 12.1 Å². The highest BCUT2D eigenvalue weighted by Gasteiger charge is 2.19. The van der Waals surface area contributed by atoms with Crippen LogP contribution in [0.5, 0.6) is 0 Å². The Labute approximate surface area is 108 Å². The monoisotopic (exact) mass is 250 g/mol. The Morgan fingerprint density at radius 3 is 1.72 bits per heavy atom. The van der Waals surface area contributed by atoms with Crippen LogP contribution in [0.3, 0.4) is 0 Å². The number of carboxylic acid groups (broad SMARTS) is 1. The second kappa shape index (κ2) is 5.53. The molecular weight excluding hydrogens is 228 g/mol. The average Bonchev–Trinajstić information content (AvgIpc) is 2.31. The Hall–Kier alpha value is -1.35. The van der Waals surface area contributed by atoms with E-state index in [9.17, 15) is 9.90 Å². The molecule has 1 unspecified atom stereocenters. The van der Waals surface area contributed by atoms with Gasteiger partial charge in [-0.3, -0.25) is 4.79 Å². The smallest absolute Gasteiger partial charge is 0.303 e. The molecule has 0 bridgehead atoms. The number of aliphatic hydroxyl groups is 1. The van der Waals surface area contributed by atoms with Crippen LogP contribution in [0.2, 0.25) is 0 Å². The minimum Gasteiger partial charge on any atom is -0.481 e. The molecule has 0 amide bonds. The molecule has 0 spiro atoms. The summed E-state index contributed by atoms with van der Waals surface area (Å²) in [5.74, 6) is -0.870. The van der Waals surface area contributed by atoms with Gasteiger partial charge in [0.05, 0.1) is 6.10 Å².